The van der Waals surface area contributed by atoms with E-state index < -0.39 is 23.9 Å². The molecule has 29 heavy (non-hydrogen) atoms. The van der Waals surface area contributed by atoms with Gasteiger partial charge in [0.25, 0.3) is 0 Å². The number of aromatic hydroxyl groups is 2. The Kier molecular flexibility index (Phi) is 8.16. The molecule has 0 saturated heterocycles. The molecule has 0 radical (unpaired) electrons. The van der Waals surface area contributed by atoms with Crippen LogP contribution < -0.4 is 0 Å². The summed E-state index contributed by atoms with van der Waals surface area (Å²) in [6.45, 7) is 0. The van der Waals surface area contributed by atoms with Crippen LogP contribution in [0.4, 0.5) is 0 Å². The van der Waals surface area contributed by atoms with Crippen molar-refractivity contribution in [2.24, 2.45) is 0 Å². The zero-order chi connectivity index (χ0) is 22.1. The molecule has 2 rings (SSSR count). The average molecular weight is 406 g/mol. The van der Waals surface area contributed by atoms with E-state index in [-0.39, 0.29) is 33.8 Å². The van der Waals surface area contributed by atoms with E-state index in [0.717, 1.165) is 12.1 Å². The maximum atomic E-state index is 11.2. The Labute approximate surface area is 164 Å². The lowest BCUT2D eigenvalue weighted by Gasteiger charge is -2.04. The van der Waals surface area contributed by atoms with Gasteiger partial charge in [-0.25, -0.2) is 19.2 Å². The number of hydrogen-bond donors (Lipinski definition) is 3. The molecule has 3 N–H and O–H groups in total. The summed E-state index contributed by atoms with van der Waals surface area (Å²) in [6, 6.07) is 7.28. The number of aromatic carboxylic acids is 1. The summed E-state index contributed by atoms with van der Waals surface area (Å²) in [5.41, 5.74) is -0.133. The Morgan fingerprint density at radius 1 is 0.655 bits per heavy atom. The van der Waals surface area contributed by atoms with Crippen molar-refractivity contribution in [2.75, 3.05) is 21.3 Å². The molecule has 0 aliphatic rings. The van der Waals surface area contributed by atoms with Crippen LogP contribution in [0.2, 0.25) is 0 Å². The van der Waals surface area contributed by atoms with Crippen LogP contribution in [0.5, 0.6) is 11.5 Å². The van der Waals surface area contributed by atoms with Crippen molar-refractivity contribution in [3.05, 3.63) is 58.7 Å². The third-order valence-corrected chi connectivity index (χ3v) is 3.47. The number of hydrogen-bond acceptors (Lipinski definition) is 9. The topological polar surface area (TPSA) is 157 Å². The summed E-state index contributed by atoms with van der Waals surface area (Å²) in [5.74, 6) is -3.86. The first-order valence-corrected chi connectivity index (χ1v) is 7.80. The molecule has 0 aliphatic carbocycles. The van der Waals surface area contributed by atoms with E-state index in [1.165, 1.54) is 45.6 Å². The summed E-state index contributed by atoms with van der Waals surface area (Å²) in [7, 11) is 3.61. The number of esters is 3. The number of carbonyl (C=O) groups is 4. The normalized spacial score (nSPS) is 9.48. The van der Waals surface area contributed by atoms with Crippen molar-refractivity contribution in [2.45, 2.75) is 0 Å². The molecule has 154 valence electrons. The van der Waals surface area contributed by atoms with Crippen LogP contribution in [0.3, 0.4) is 0 Å². The number of phenols is 2. The molecule has 0 bridgehead atoms. The average Bonchev–Trinajstić information content (AvgIpc) is 2.72. The standard InChI is InChI=1S/C10H10O5.C9H8O5/c1-14-9(12)6-3-4-8(11)7(5-6)10(13)15-2;1-14-9(13)5-2-3-7(10)6(4-5)8(11)12/h3-5,11H,1-2H3;2-4,10H,1H3,(H,11,12). The summed E-state index contributed by atoms with van der Waals surface area (Å²) >= 11 is 0. The van der Waals surface area contributed by atoms with Gasteiger partial charge in [-0.2, -0.15) is 0 Å². The molecular weight excluding hydrogens is 388 g/mol. The minimum absolute atomic E-state index is 0.0691. The predicted octanol–water partition coefficient (Wildman–Crippen LogP) is 1.84. The minimum Gasteiger partial charge on any atom is -0.507 e. The Bertz CT molecular complexity index is 933. The van der Waals surface area contributed by atoms with Crippen LogP contribution in [0.25, 0.3) is 0 Å². The van der Waals surface area contributed by atoms with E-state index in [1.54, 1.807) is 0 Å². The van der Waals surface area contributed by atoms with Gasteiger partial charge < -0.3 is 29.5 Å². The highest BCUT2D eigenvalue weighted by molar-refractivity contribution is 5.97. The van der Waals surface area contributed by atoms with E-state index in [0.29, 0.717) is 0 Å². The lowest BCUT2D eigenvalue weighted by atomic mass is 10.1. The number of methoxy groups -OCH3 is 3. The molecule has 0 atom stereocenters. The Morgan fingerprint density at radius 3 is 1.41 bits per heavy atom. The second-order valence-electron chi connectivity index (χ2n) is 5.24. The number of benzene rings is 2. The summed E-state index contributed by atoms with van der Waals surface area (Å²) in [4.78, 5) is 43.9. The molecule has 10 heteroatoms. The highest BCUT2D eigenvalue weighted by atomic mass is 16.5. The Morgan fingerprint density at radius 2 is 1.03 bits per heavy atom. The molecule has 0 aliphatic heterocycles. The van der Waals surface area contributed by atoms with E-state index >= 15 is 0 Å². The fourth-order valence-corrected chi connectivity index (χ4v) is 2.01. The number of carboxylic acids is 1. The zero-order valence-corrected chi connectivity index (χ0v) is 15.7. The first kappa shape index (κ1) is 23.0. The highest BCUT2D eigenvalue weighted by Crippen LogP contribution is 2.20. The van der Waals surface area contributed by atoms with Gasteiger partial charge in [-0.15, -0.1) is 0 Å². The second-order valence-corrected chi connectivity index (χ2v) is 5.24. The van der Waals surface area contributed by atoms with Gasteiger partial charge in [0.2, 0.25) is 0 Å². The Hall–Kier alpha value is -4.08. The van der Waals surface area contributed by atoms with Crippen molar-refractivity contribution >= 4 is 23.9 Å². The smallest absolute Gasteiger partial charge is 0.341 e. The molecule has 2 aromatic rings. The summed E-state index contributed by atoms with van der Waals surface area (Å²) < 4.78 is 13.3. The maximum Gasteiger partial charge on any atom is 0.341 e. The second kappa shape index (κ2) is 10.3. The van der Waals surface area contributed by atoms with Crippen LogP contribution in [0.1, 0.15) is 41.4 Å². The molecule has 0 saturated carbocycles. The van der Waals surface area contributed by atoms with Crippen molar-refractivity contribution < 1.29 is 48.7 Å². The third kappa shape index (κ3) is 5.96. The quantitative estimate of drug-likeness (QED) is 0.505. The largest absolute Gasteiger partial charge is 0.507 e. The van der Waals surface area contributed by atoms with Gasteiger partial charge in [-0.3, -0.25) is 0 Å². The van der Waals surface area contributed by atoms with Crippen molar-refractivity contribution in [1.29, 1.82) is 0 Å². The van der Waals surface area contributed by atoms with Crippen LogP contribution in [0.15, 0.2) is 36.4 Å². The van der Waals surface area contributed by atoms with Gasteiger partial charge in [-0.1, -0.05) is 0 Å². The van der Waals surface area contributed by atoms with E-state index in [2.05, 4.69) is 14.2 Å². The molecule has 10 nitrogen and oxygen atoms in total. The molecule has 2 aromatic carbocycles. The number of phenolic OH excluding ortho intramolecular Hbond substituents is 1. The van der Waals surface area contributed by atoms with Crippen molar-refractivity contribution in [1.82, 2.24) is 0 Å². The molecule has 0 amide bonds. The third-order valence-electron chi connectivity index (χ3n) is 3.47. The highest BCUT2D eigenvalue weighted by Gasteiger charge is 2.15. The molecule has 0 unspecified atom stereocenters. The van der Waals surface area contributed by atoms with Gasteiger partial charge >= 0.3 is 23.9 Å². The molecule has 0 fully saturated rings. The van der Waals surface area contributed by atoms with Gasteiger partial charge in [0.05, 0.1) is 32.5 Å². The van der Waals surface area contributed by atoms with Gasteiger partial charge in [-0.05, 0) is 36.4 Å². The minimum atomic E-state index is -1.30. The Balaban J connectivity index is 0.000000291. The van der Waals surface area contributed by atoms with E-state index in [4.69, 9.17) is 10.2 Å². The number of carboxylic acid groups (broad SMARTS) is 1. The molecular formula is C19H18O10. The van der Waals surface area contributed by atoms with Gasteiger partial charge in [0, 0.05) is 0 Å². The SMILES string of the molecule is COC(=O)c1ccc(O)c(C(=O)O)c1.COC(=O)c1ccc(O)c(C(=O)OC)c1. The number of rotatable bonds is 4. The first-order chi connectivity index (χ1) is 13.7. The maximum absolute atomic E-state index is 11.2. The van der Waals surface area contributed by atoms with Crippen molar-refractivity contribution in [3.8, 4) is 11.5 Å². The lowest BCUT2D eigenvalue weighted by Crippen LogP contribution is -2.06. The lowest BCUT2D eigenvalue weighted by molar-refractivity contribution is 0.0585. The van der Waals surface area contributed by atoms with Gasteiger partial charge in [0.15, 0.2) is 0 Å². The zero-order valence-electron chi connectivity index (χ0n) is 15.7. The van der Waals surface area contributed by atoms with Gasteiger partial charge in [0.1, 0.15) is 22.6 Å². The van der Waals surface area contributed by atoms with Crippen LogP contribution >= 0.6 is 0 Å². The predicted molar refractivity (Wildman–Crippen MR) is 97.2 cm³/mol. The van der Waals surface area contributed by atoms with Crippen LogP contribution in [-0.4, -0.2) is 60.5 Å². The van der Waals surface area contributed by atoms with E-state index in [9.17, 15) is 24.3 Å². The molecule has 0 heterocycles. The summed E-state index contributed by atoms with van der Waals surface area (Å²) in [6.07, 6.45) is 0. The van der Waals surface area contributed by atoms with Crippen LogP contribution in [0, 0.1) is 0 Å². The van der Waals surface area contributed by atoms with E-state index in [1.807, 2.05) is 0 Å². The van der Waals surface area contributed by atoms with Crippen molar-refractivity contribution in [3.63, 3.8) is 0 Å². The fourth-order valence-electron chi connectivity index (χ4n) is 2.01. The number of ether oxygens (including phenoxy) is 3. The summed E-state index contributed by atoms with van der Waals surface area (Å²) in [5, 5.41) is 27.1. The molecule has 0 aromatic heterocycles. The fraction of sp³-hybridized carbons (Fsp3) is 0.158. The molecule has 0 spiro atoms. The van der Waals surface area contributed by atoms with Crippen LogP contribution in [-0.2, 0) is 14.2 Å². The first-order valence-electron chi connectivity index (χ1n) is 7.80. The monoisotopic (exact) mass is 406 g/mol. The number of carbonyl (C=O) groups excluding carboxylic acids is 3.